The molecule has 1 saturated carbocycles. The number of thiophene rings is 1. The summed E-state index contributed by atoms with van der Waals surface area (Å²) in [5.74, 6) is -0.269. The van der Waals surface area contributed by atoms with Gasteiger partial charge < -0.3 is 15.0 Å². The summed E-state index contributed by atoms with van der Waals surface area (Å²) in [6.45, 7) is 0.376. The van der Waals surface area contributed by atoms with Gasteiger partial charge in [-0.2, -0.15) is 8.42 Å². The topological polar surface area (TPSA) is 162 Å². The van der Waals surface area contributed by atoms with Crippen LogP contribution in [0.5, 0.6) is 0 Å². The number of carbonyl (C=O) groups excluding carboxylic acids is 1. The molecule has 3 atom stereocenters. The summed E-state index contributed by atoms with van der Waals surface area (Å²) < 4.78 is 28.8. The molecule has 4 N–H and O–H groups in total. The second kappa shape index (κ2) is 10.0. The average molecular weight is 529 g/mol. The van der Waals surface area contributed by atoms with Gasteiger partial charge in [-0.15, -0.1) is 11.3 Å². The molecule has 4 aromatic rings. The molecular formula is C23H24N6O5S2. The minimum Gasteiger partial charge on any atom is -0.393 e. The van der Waals surface area contributed by atoms with E-state index >= 15 is 0 Å². The van der Waals surface area contributed by atoms with Gasteiger partial charge in [0.1, 0.15) is 12.1 Å². The lowest BCUT2D eigenvalue weighted by atomic mass is 10.1. The van der Waals surface area contributed by atoms with Crippen LogP contribution in [-0.4, -0.2) is 57.6 Å². The van der Waals surface area contributed by atoms with Gasteiger partial charge in [0.15, 0.2) is 0 Å². The Kier molecular flexibility index (Phi) is 6.81. The van der Waals surface area contributed by atoms with Crippen LogP contribution in [0.15, 0.2) is 54.6 Å². The summed E-state index contributed by atoms with van der Waals surface area (Å²) in [4.78, 5) is 26.6. The molecule has 0 amide bonds. The molecule has 0 saturated heterocycles. The van der Waals surface area contributed by atoms with E-state index in [-0.39, 0.29) is 18.4 Å². The molecule has 5 rings (SSSR count). The summed E-state index contributed by atoms with van der Waals surface area (Å²) >= 11 is 1.35. The Bertz CT molecular complexity index is 1500. The summed E-state index contributed by atoms with van der Waals surface area (Å²) in [5.41, 5.74) is 3.23. The van der Waals surface area contributed by atoms with Crippen molar-refractivity contribution in [2.75, 3.05) is 11.9 Å². The van der Waals surface area contributed by atoms with E-state index in [1.165, 1.54) is 23.9 Å². The number of nitrogens with zero attached hydrogens (tertiary/aromatic N) is 4. The fraction of sp³-hybridized carbons (Fsp3) is 0.304. The van der Waals surface area contributed by atoms with E-state index in [4.69, 9.17) is 5.14 Å². The number of nitrogens with two attached hydrogens (primary N) is 1. The zero-order valence-corrected chi connectivity index (χ0v) is 20.7. The number of nitrogens with one attached hydrogen (secondary N) is 1. The Morgan fingerprint density at radius 2 is 2.11 bits per heavy atom. The van der Waals surface area contributed by atoms with Gasteiger partial charge in [-0.1, -0.05) is 12.1 Å². The van der Waals surface area contributed by atoms with Crippen molar-refractivity contribution in [1.29, 1.82) is 0 Å². The summed E-state index contributed by atoms with van der Waals surface area (Å²) in [6.07, 6.45) is 4.59. The smallest absolute Gasteiger partial charge is 0.333 e. The number of ketones is 1. The number of hydrogen-bond acceptors (Lipinski definition) is 10. The van der Waals surface area contributed by atoms with Crippen molar-refractivity contribution < 1.29 is 22.5 Å². The third-order valence-electron chi connectivity index (χ3n) is 6.16. The fourth-order valence-electron chi connectivity index (χ4n) is 4.43. The van der Waals surface area contributed by atoms with Crippen LogP contribution in [-0.2, 0) is 21.0 Å². The van der Waals surface area contributed by atoms with Crippen LogP contribution < -0.4 is 10.5 Å². The van der Waals surface area contributed by atoms with E-state index in [1.807, 2.05) is 40.3 Å². The first-order valence-corrected chi connectivity index (χ1v) is 13.6. The Morgan fingerprint density at radius 3 is 2.94 bits per heavy atom. The van der Waals surface area contributed by atoms with Crippen LogP contribution in [0.25, 0.3) is 11.0 Å². The minimum absolute atomic E-state index is 0.210. The van der Waals surface area contributed by atoms with Gasteiger partial charge in [0.25, 0.3) is 0 Å². The van der Waals surface area contributed by atoms with Crippen molar-refractivity contribution in [1.82, 2.24) is 19.5 Å². The molecule has 1 unspecified atom stereocenters. The molecule has 13 heteroatoms. The van der Waals surface area contributed by atoms with Crippen molar-refractivity contribution in [2.24, 2.45) is 11.1 Å². The molecule has 3 aromatic heterocycles. The number of aromatic nitrogens is 4. The molecule has 1 aliphatic carbocycles. The van der Waals surface area contributed by atoms with E-state index in [0.29, 0.717) is 35.6 Å². The van der Waals surface area contributed by atoms with Crippen LogP contribution in [0.2, 0.25) is 0 Å². The molecule has 0 bridgehead atoms. The largest absolute Gasteiger partial charge is 0.393 e. The SMILES string of the molecule is NS(=O)(=O)OCC1C[C@@H](Nc2ncncc2C(=O)c2cc(Cn3cnc4ccccc43)cs2)C[C@@H]1O. The zero-order chi connectivity index (χ0) is 25.3. The van der Waals surface area contributed by atoms with Gasteiger partial charge in [-0.3, -0.25) is 8.98 Å². The van der Waals surface area contributed by atoms with E-state index in [9.17, 15) is 18.3 Å². The van der Waals surface area contributed by atoms with E-state index < -0.39 is 22.3 Å². The molecule has 0 aliphatic heterocycles. The quantitative estimate of drug-likeness (QED) is 0.276. The number of anilines is 1. The Morgan fingerprint density at radius 1 is 1.28 bits per heavy atom. The van der Waals surface area contributed by atoms with E-state index in [2.05, 4.69) is 24.5 Å². The maximum absolute atomic E-state index is 13.3. The maximum Gasteiger partial charge on any atom is 0.333 e. The van der Waals surface area contributed by atoms with Crippen molar-refractivity contribution >= 4 is 44.3 Å². The Hall–Kier alpha value is -3.23. The summed E-state index contributed by atoms with van der Waals surface area (Å²) in [5, 5.41) is 20.3. The number of fused-ring (bicyclic) bond motifs is 1. The fourth-order valence-corrected chi connectivity index (χ4v) is 5.65. The molecule has 0 radical (unpaired) electrons. The van der Waals surface area contributed by atoms with Crippen LogP contribution in [0.3, 0.4) is 0 Å². The van der Waals surface area contributed by atoms with Crippen molar-refractivity contribution in [2.45, 2.75) is 31.5 Å². The molecule has 1 aromatic carbocycles. The number of aliphatic hydroxyl groups excluding tert-OH is 1. The van der Waals surface area contributed by atoms with Gasteiger partial charge in [0.05, 0.1) is 40.5 Å². The monoisotopic (exact) mass is 528 g/mol. The lowest BCUT2D eigenvalue weighted by Gasteiger charge is -2.15. The minimum atomic E-state index is -4.09. The third kappa shape index (κ3) is 5.44. The van der Waals surface area contributed by atoms with E-state index in [1.54, 1.807) is 6.33 Å². The first-order chi connectivity index (χ1) is 17.3. The molecule has 1 aliphatic rings. The number of benzene rings is 1. The number of carbonyl (C=O) groups is 1. The van der Waals surface area contributed by atoms with Gasteiger partial charge in [0.2, 0.25) is 5.78 Å². The third-order valence-corrected chi connectivity index (χ3v) is 7.60. The number of rotatable bonds is 9. The highest BCUT2D eigenvalue weighted by molar-refractivity contribution is 7.84. The standard InChI is InChI=1S/C23H24N6O5S2/c24-36(32,33)34-10-15-6-16(7-20(15)30)28-23-17(8-25-12-26-23)22(31)21-5-14(11-35-21)9-29-13-27-18-3-1-2-4-19(18)29/h1-5,8,11-13,15-16,20,30H,6-7,9-10H2,(H2,24,32,33)(H,25,26,28)/t15?,16-,20+/m1/s1. The second-order valence-electron chi connectivity index (χ2n) is 8.71. The molecule has 188 valence electrons. The lowest BCUT2D eigenvalue weighted by Crippen LogP contribution is -2.24. The lowest BCUT2D eigenvalue weighted by molar-refractivity contribution is 0.101. The maximum atomic E-state index is 13.3. The highest BCUT2D eigenvalue weighted by Crippen LogP contribution is 2.30. The van der Waals surface area contributed by atoms with Crippen LogP contribution in [0.1, 0.15) is 33.6 Å². The highest BCUT2D eigenvalue weighted by atomic mass is 32.2. The normalized spacial score (nSPS) is 20.1. The zero-order valence-electron chi connectivity index (χ0n) is 19.0. The number of imidazole rings is 1. The average Bonchev–Trinajstić information content (AvgIpc) is 3.57. The van der Waals surface area contributed by atoms with Gasteiger partial charge in [0, 0.05) is 24.7 Å². The Labute approximate surface area is 211 Å². The van der Waals surface area contributed by atoms with E-state index in [0.717, 1.165) is 16.6 Å². The molecule has 1 fully saturated rings. The Balaban J connectivity index is 1.28. The molecule has 11 nitrogen and oxygen atoms in total. The number of aliphatic hydroxyl groups is 1. The predicted molar refractivity (Wildman–Crippen MR) is 134 cm³/mol. The van der Waals surface area contributed by atoms with Gasteiger partial charge >= 0.3 is 10.3 Å². The van der Waals surface area contributed by atoms with Gasteiger partial charge in [-0.25, -0.2) is 20.1 Å². The molecular weight excluding hydrogens is 504 g/mol. The summed E-state index contributed by atoms with van der Waals surface area (Å²) in [7, 11) is -4.09. The van der Waals surface area contributed by atoms with Crippen LogP contribution in [0, 0.1) is 5.92 Å². The molecule has 36 heavy (non-hydrogen) atoms. The molecule has 3 heterocycles. The summed E-state index contributed by atoms with van der Waals surface area (Å²) in [6, 6.07) is 9.50. The second-order valence-corrected chi connectivity index (χ2v) is 10.8. The van der Waals surface area contributed by atoms with Crippen LogP contribution >= 0.6 is 11.3 Å². The first-order valence-electron chi connectivity index (χ1n) is 11.2. The molecule has 0 spiro atoms. The van der Waals surface area contributed by atoms with Crippen molar-refractivity contribution in [3.63, 3.8) is 0 Å². The first kappa shape index (κ1) is 24.5. The highest BCUT2D eigenvalue weighted by Gasteiger charge is 2.34. The van der Waals surface area contributed by atoms with Crippen LogP contribution in [0.4, 0.5) is 5.82 Å². The van der Waals surface area contributed by atoms with Crippen molar-refractivity contribution in [3.8, 4) is 0 Å². The number of hydrogen-bond donors (Lipinski definition) is 3. The number of para-hydroxylation sites is 2. The van der Waals surface area contributed by atoms with Gasteiger partial charge in [-0.05, 0) is 42.0 Å². The van der Waals surface area contributed by atoms with Crippen molar-refractivity contribution in [3.05, 3.63) is 70.6 Å². The predicted octanol–water partition coefficient (Wildman–Crippen LogP) is 1.94.